The molecule has 1 aliphatic rings. The molecule has 11 nitrogen and oxygen atoms in total. The van der Waals surface area contributed by atoms with E-state index in [4.69, 9.17) is 4.74 Å². The second-order valence-corrected chi connectivity index (χ2v) is 9.96. The summed E-state index contributed by atoms with van der Waals surface area (Å²) in [6.07, 6.45) is 1.85. The SMILES string of the molecule is CCc1cc(Br)ccc1-n1c(O)c(C=Nc2cc3c(cc2N2CCOCC2)n(C)c(=O)n3C)c(=O)[nH]c1=O. The van der Waals surface area contributed by atoms with Gasteiger partial charge in [0.1, 0.15) is 5.56 Å². The molecule has 4 aromatic rings. The summed E-state index contributed by atoms with van der Waals surface area (Å²) >= 11 is 3.43. The van der Waals surface area contributed by atoms with Crippen LogP contribution in [0.4, 0.5) is 11.4 Å². The molecule has 3 heterocycles. The number of morpholine rings is 1. The summed E-state index contributed by atoms with van der Waals surface area (Å²) in [5, 5.41) is 11.1. The second kappa shape index (κ2) is 10.1. The number of aromatic amines is 1. The normalized spacial score (nSPS) is 14.2. The Hall–Kier alpha value is -3.90. The van der Waals surface area contributed by atoms with Crippen molar-refractivity contribution in [3.63, 3.8) is 0 Å². The zero-order valence-corrected chi connectivity index (χ0v) is 22.8. The third-order valence-electron chi connectivity index (χ3n) is 6.84. The van der Waals surface area contributed by atoms with Gasteiger partial charge in [-0.25, -0.2) is 14.2 Å². The molecule has 0 radical (unpaired) electrons. The molecule has 1 saturated heterocycles. The summed E-state index contributed by atoms with van der Waals surface area (Å²) in [6, 6.07) is 8.99. The number of hydrogen-bond donors (Lipinski definition) is 2. The van der Waals surface area contributed by atoms with Gasteiger partial charge in [-0.05, 0) is 42.3 Å². The number of benzene rings is 2. The number of hydrogen-bond acceptors (Lipinski definition) is 7. The minimum Gasteiger partial charge on any atom is -0.493 e. The summed E-state index contributed by atoms with van der Waals surface area (Å²) in [4.78, 5) is 47.1. The first-order valence-corrected chi connectivity index (χ1v) is 12.9. The van der Waals surface area contributed by atoms with Crippen LogP contribution in [0.5, 0.6) is 5.88 Å². The quantitative estimate of drug-likeness (QED) is 0.348. The second-order valence-electron chi connectivity index (χ2n) is 9.05. The minimum absolute atomic E-state index is 0.162. The first-order chi connectivity index (χ1) is 18.2. The molecule has 0 saturated carbocycles. The highest BCUT2D eigenvalue weighted by Gasteiger charge is 2.20. The van der Waals surface area contributed by atoms with Crippen molar-refractivity contribution in [2.24, 2.45) is 19.1 Å². The average molecular weight is 583 g/mol. The van der Waals surface area contributed by atoms with Gasteiger partial charge in [0.2, 0.25) is 5.88 Å². The molecule has 2 N–H and O–H groups in total. The van der Waals surface area contributed by atoms with Crippen LogP contribution in [0.3, 0.4) is 0 Å². The molecule has 38 heavy (non-hydrogen) atoms. The Bertz CT molecular complexity index is 1760. The molecule has 0 aliphatic carbocycles. The predicted molar refractivity (Wildman–Crippen MR) is 150 cm³/mol. The summed E-state index contributed by atoms with van der Waals surface area (Å²) < 4.78 is 10.5. The lowest BCUT2D eigenvalue weighted by Gasteiger charge is -2.30. The Morgan fingerprint density at radius 2 is 1.74 bits per heavy atom. The van der Waals surface area contributed by atoms with E-state index in [1.54, 1.807) is 36.9 Å². The number of aromatic hydroxyl groups is 1. The van der Waals surface area contributed by atoms with Crippen LogP contribution in [-0.4, -0.2) is 56.3 Å². The van der Waals surface area contributed by atoms with E-state index in [1.807, 2.05) is 19.1 Å². The third kappa shape index (κ3) is 4.39. The number of nitrogens with zero attached hydrogens (tertiary/aromatic N) is 5. The van der Waals surface area contributed by atoms with E-state index in [2.05, 4.69) is 30.8 Å². The van der Waals surface area contributed by atoms with E-state index in [0.717, 1.165) is 25.8 Å². The highest BCUT2D eigenvalue weighted by atomic mass is 79.9. The van der Waals surface area contributed by atoms with E-state index in [-0.39, 0.29) is 11.3 Å². The lowest BCUT2D eigenvalue weighted by Crippen LogP contribution is -2.36. The molecular formula is C26H27BrN6O5. The van der Waals surface area contributed by atoms with Crippen LogP contribution in [0.1, 0.15) is 18.1 Å². The van der Waals surface area contributed by atoms with E-state index in [9.17, 15) is 19.5 Å². The van der Waals surface area contributed by atoms with Crippen molar-refractivity contribution in [1.29, 1.82) is 0 Å². The maximum atomic E-state index is 12.8. The molecule has 0 atom stereocenters. The van der Waals surface area contributed by atoms with Gasteiger partial charge in [-0.1, -0.05) is 22.9 Å². The lowest BCUT2D eigenvalue weighted by molar-refractivity contribution is 0.123. The van der Waals surface area contributed by atoms with E-state index in [1.165, 1.54) is 10.8 Å². The Morgan fingerprint density at radius 1 is 1.05 bits per heavy atom. The van der Waals surface area contributed by atoms with Crippen LogP contribution >= 0.6 is 15.9 Å². The molecule has 12 heteroatoms. The van der Waals surface area contributed by atoms with Crippen molar-refractivity contribution in [2.45, 2.75) is 13.3 Å². The van der Waals surface area contributed by atoms with Crippen LogP contribution in [0.15, 0.2) is 54.2 Å². The zero-order chi connectivity index (χ0) is 27.1. The number of aromatic nitrogens is 4. The molecular weight excluding hydrogens is 556 g/mol. The molecule has 1 fully saturated rings. The summed E-state index contributed by atoms with van der Waals surface area (Å²) in [7, 11) is 3.40. The molecule has 0 unspecified atom stereocenters. The molecule has 0 amide bonds. The number of fused-ring (bicyclic) bond motifs is 1. The standard InChI is InChI=1S/C26H27BrN6O5/c1-4-15-11-16(27)5-6-19(15)33-24(35)17(23(34)29-25(33)36)14-28-18-12-21-22(31(3)26(37)30(21)2)13-20(18)32-7-9-38-10-8-32/h5-6,11-14,35H,4,7-10H2,1-3H3,(H,29,34,36). The zero-order valence-electron chi connectivity index (χ0n) is 21.2. The fourth-order valence-electron chi connectivity index (χ4n) is 4.75. The van der Waals surface area contributed by atoms with Gasteiger partial charge < -0.3 is 14.7 Å². The van der Waals surface area contributed by atoms with Crippen molar-refractivity contribution in [2.75, 3.05) is 31.2 Å². The largest absolute Gasteiger partial charge is 0.493 e. The lowest BCUT2D eigenvalue weighted by atomic mass is 10.1. The van der Waals surface area contributed by atoms with Gasteiger partial charge in [-0.15, -0.1) is 0 Å². The number of aryl methyl sites for hydroxylation is 3. The Balaban J connectivity index is 1.68. The van der Waals surface area contributed by atoms with Crippen molar-refractivity contribution in [3.05, 3.63) is 77.3 Å². The number of anilines is 1. The molecule has 2 aromatic heterocycles. The highest BCUT2D eigenvalue weighted by molar-refractivity contribution is 9.10. The Kier molecular flexibility index (Phi) is 6.84. The van der Waals surface area contributed by atoms with Crippen LogP contribution in [0, 0.1) is 0 Å². The van der Waals surface area contributed by atoms with Crippen LogP contribution in [-0.2, 0) is 25.3 Å². The van der Waals surface area contributed by atoms with Gasteiger partial charge in [-0.3, -0.25) is 23.9 Å². The van der Waals surface area contributed by atoms with Gasteiger partial charge in [0.15, 0.2) is 0 Å². The van der Waals surface area contributed by atoms with Gasteiger partial charge in [0.05, 0.1) is 41.3 Å². The van der Waals surface area contributed by atoms with Crippen LogP contribution in [0.25, 0.3) is 16.7 Å². The van der Waals surface area contributed by atoms with Crippen LogP contribution < -0.4 is 21.8 Å². The number of imidazole rings is 1. The molecule has 0 spiro atoms. The fraction of sp³-hybridized carbons (Fsp3) is 0.308. The number of H-pyrrole nitrogens is 1. The Morgan fingerprint density at radius 3 is 2.42 bits per heavy atom. The fourth-order valence-corrected chi connectivity index (χ4v) is 5.16. The monoisotopic (exact) mass is 582 g/mol. The molecule has 1 aliphatic heterocycles. The first kappa shape index (κ1) is 25.7. The highest BCUT2D eigenvalue weighted by Crippen LogP contribution is 2.34. The predicted octanol–water partition coefficient (Wildman–Crippen LogP) is 2.33. The molecule has 2 aromatic carbocycles. The summed E-state index contributed by atoms with van der Waals surface area (Å²) in [5.74, 6) is -0.513. The maximum absolute atomic E-state index is 12.8. The van der Waals surface area contributed by atoms with Gasteiger partial charge in [-0.2, -0.15) is 0 Å². The van der Waals surface area contributed by atoms with Crippen molar-refractivity contribution < 1.29 is 9.84 Å². The number of nitrogens with one attached hydrogen (secondary N) is 1. The van der Waals surface area contributed by atoms with Gasteiger partial charge in [0.25, 0.3) is 5.56 Å². The van der Waals surface area contributed by atoms with Crippen molar-refractivity contribution in [1.82, 2.24) is 18.7 Å². The molecule has 198 valence electrons. The number of ether oxygens (including phenoxy) is 1. The minimum atomic E-state index is -0.760. The number of rotatable bonds is 5. The van der Waals surface area contributed by atoms with Crippen molar-refractivity contribution in [3.8, 4) is 11.6 Å². The van der Waals surface area contributed by atoms with Crippen LogP contribution in [0.2, 0.25) is 0 Å². The summed E-state index contributed by atoms with van der Waals surface area (Å²) in [5.41, 5.74) is 2.11. The smallest absolute Gasteiger partial charge is 0.335 e. The molecule has 5 rings (SSSR count). The summed E-state index contributed by atoms with van der Waals surface area (Å²) in [6.45, 7) is 4.30. The van der Waals surface area contributed by atoms with E-state index < -0.39 is 17.1 Å². The average Bonchev–Trinajstić information content (AvgIpc) is 3.12. The van der Waals surface area contributed by atoms with E-state index in [0.29, 0.717) is 49.6 Å². The number of halogens is 1. The topological polar surface area (TPSA) is 127 Å². The third-order valence-corrected chi connectivity index (χ3v) is 7.33. The number of aliphatic imine (C=N–C) groups is 1. The molecule has 0 bridgehead atoms. The van der Waals surface area contributed by atoms with Gasteiger partial charge >= 0.3 is 11.4 Å². The van der Waals surface area contributed by atoms with Gasteiger partial charge in [0, 0.05) is 37.9 Å². The van der Waals surface area contributed by atoms with E-state index >= 15 is 0 Å². The first-order valence-electron chi connectivity index (χ1n) is 12.1. The van der Waals surface area contributed by atoms with Crippen molar-refractivity contribution >= 4 is 44.6 Å². The maximum Gasteiger partial charge on any atom is 0.335 e. The Labute approximate surface area is 225 Å².